The summed E-state index contributed by atoms with van der Waals surface area (Å²) in [6.45, 7) is 2.09. The molecule has 0 aliphatic rings. The predicted octanol–water partition coefficient (Wildman–Crippen LogP) is 3.06. The molecule has 0 unspecified atom stereocenters. The summed E-state index contributed by atoms with van der Waals surface area (Å²) in [5, 5.41) is 11.1. The summed E-state index contributed by atoms with van der Waals surface area (Å²) in [7, 11) is 0. The van der Waals surface area contributed by atoms with Gasteiger partial charge in [0.1, 0.15) is 0 Å². The van der Waals surface area contributed by atoms with E-state index < -0.39 is 0 Å². The lowest BCUT2D eigenvalue weighted by molar-refractivity contribution is 0.755. The Balaban J connectivity index is 2.63. The molecule has 0 amide bonds. The molecule has 2 heteroatoms. The molecule has 0 saturated carbocycles. The molecule has 2 nitrogen and oxygen atoms in total. The molecule has 0 spiro atoms. The van der Waals surface area contributed by atoms with Gasteiger partial charge in [-0.15, -0.1) is 0 Å². The lowest BCUT2D eigenvalue weighted by Crippen LogP contribution is -2.09. The Morgan fingerprint density at radius 2 is 1.88 bits per heavy atom. The first-order chi connectivity index (χ1) is 7.74. The maximum Gasteiger partial charge on any atom is 0.0641 e. The van der Waals surface area contributed by atoms with Gasteiger partial charge in [-0.2, -0.15) is 5.26 Å². The van der Waals surface area contributed by atoms with Crippen LogP contribution in [0.1, 0.15) is 23.6 Å². The van der Waals surface area contributed by atoms with Crippen LogP contribution in [0.4, 0.5) is 0 Å². The van der Waals surface area contributed by atoms with E-state index in [9.17, 15) is 0 Å². The molecule has 0 aromatic heterocycles. The third-order valence-electron chi connectivity index (χ3n) is 2.89. The van der Waals surface area contributed by atoms with E-state index in [4.69, 9.17) is 11.0 Å². The van der Waals surface area contributed by atoms with Crippen LogP contribution < -0.4 is 5.73 Å². The van der Waals surface area contributed by atoms with E-state index in [0.717, 1.165) is 10.9 Å². The molecule has 2 aromatic rings. The lowest BCUT2D eigenvalue weighted by Gasteiger charge is -2.13. The minimum atomic E-state index is -0.199. The van der Waals surface area contributed by atoms with Gasteiger partial charge in [0, 0.05) is 6.04 Å². The van der Waals surface area contributed by atoms with Crippen molar-refractivity contribution in [3.05, 3.63) is 47.5 Å². The van der Waals surface area contributed by atoms with Crippen LogP contribution in [-0.2, 0) is 0 Å². The third kappa shape index (κ3) is 1.78. The zero-order chi connectivity index (χ0) is 11.5. The Morgan fingerprint density at radius 3 is 2.56 bits per heavy atom. The van der Waals surface area contributed by atoms with Gasteiger partial charge >= 0.3 is 0 Å². The molecule has 2 aromatic carbocycles. The number of nitrogens with two attached hydrogens (primary N) is 1. The summed E-state index contributed by atoms with van der Waals surface area (Å²) in [6.07, 6.45) is 0.354. The van der Waals surface area contributed by atoms with Crippen molar-refractivity contribution in [1.29, 1.82) is 5.26 Å². The molecule has 0 fully saturated rings. The summed E-state index contributed by atoms with van der Waals surface area (Å²) in [4.78, 5) is 0. The fourth-order valence-corrected chi connectivity index (χ4v) is 2.00. The first-order valence-electron chi connectivity index (χ1n) is 5.35. The van der Waals surface area contributed by atoms with Gasteiger partial charge in [0.05, 0.1) is 12.5 Å². The van der Waals surface area contributed by atoms with Gasteiger partial charge in [-0.1, -0.05) is 36.4 Å². The Bertz CT molecular complexity index is 552. The van der Waals surface area contributed by atoms with E-state index in [2.05, 4.69) is 31.2 Å². The van der Waals surface area contributed by atoms with Crippen LogP contribution in [0.3, 0.4) is 0 Å². The van der Waals surface area contributed by atoms with Crippen molar-refractivity contribution in [2.45, 2.75) is 19.4 Å². The third-order valence-corrected chi connectivity index (χ3v) is 2.89. The standard InChI is InChI=1S/C14H14N2/c1-10-6-7-13(14(16)8-9-15)12-5-3-2-4-11(10)12/h2-7,14H,8,16H2,1H3/t14-/m1/s1. The van der Waals surface area contributed by atoms with Crippen molar-refractivity contribution in [2.75, 3.05) is 0 Å². The van der Waals surface area contributed by atoms with Gasteiger partial charge < -0.3 is 5.73 Å². The molecule has 0 aliphatic carbocycles. The maximum absolute atomic E-state index is 8.69. The number of fused-ring (bicyclic) bond motifs is 1. The van der Waals surface area contributed by atoms with Crippen LogP contribution in [0, 0.1) is 18.3 Å². The van der Waals surface area contributed by atoms with Crippen LogP contribution in [0.15, 0.2) is 36.4 Å². The smallest absolute Gasteiger partial charge is 0.0641 e. The van der Waals surface area contributed by atoms with Crippen molar-refractivity contribution in [3.8, 4) is 6.07 Å². The maximum atomic E-state index is 8.69. The van der Waals surface area contributed by atoms with E-state index in [-0.39, 0.29) is 6.04 Å². The van der Waals surface area contributed by atoms with Crippen molar-refractivity contribution in [3.63, 3.8) is 0 Å². The van der Waals surface area contributed by atoms with E-state index in [1.165, 1.54) is 10.9 Å². The van der Waals surface area contributed by atoms with Gasteiger partial charge in [0.15, 0.2) is 0 Å². The predicted molar refractivity (Wildman–Crippen MR) is 65.8 cm³/mol. The zero-order valence-electron chi connectivity index (χ0n) is 9.27. The topological polar surface area (TPSA) is 49.8 Å². The number of aryl methyl sites for hydroxylation is 1. The van der Waals surface area contributed by atoms with Crippen molar-refractivity contribution in [2.24, 2.45) is 5.73 Å². The van der Waals surface area contributed by atoms with Crippen molar-refractivity contribution >= 4 is 10.8 Å². The number of rotatable bonds is 2. The highest BCUT2D eigenvalue weighted by atomic mass is 14.6. The second-order valence-electron chi connectivity index (χ2n) is 3.99. The molecular formula is C14H14N2. The van der Waals surface area contributed by atoms with E-state index in [1.54, 1.807) is 0 Å². The summed E-state index contributed by atoms with van der Waals surface area (Å²) in [5.41, 5.74) is 8.30. The first-order valence-corrected chi connectivity index (χ1v) is 5.35. The normalized spacial score (nSPS) is 12.3. The van der Waals surface area contributed by atoms with Crippen LogP contribution in [-0.4, -0.2) is 0 Å². The summed E-state index contributed by atoms with van der Waals surface area (Å²) in [5.74, 6) is 0. The van der Waals surface area contributed by atoms with Crippen LogP contribution in [0.2, 0.25) is 0 Å². The molecule has 0 aliphatic heterocycles. The number of hydrogen-bond donors (Lipinski definition) is 1. The van der Waals surface area contributed by atoms with Gasteiger partial charge in [0.2, 0.25) is 0 Å². The second kappa shape index (κ2) is 4.34. The van der Waals surface area contributed by atoms with Gasteiger partial charge in [-0.25, -0.2) is 0 Å². The molecule has 16 heavy (non-hydrogen) atoms. The molecule has 1 atom stereocenters. The summed E-state index contributed by atoms with van der Waals surface area (Å²) >= 11 is 0. The van der Waals surface area contributed by atoms with E-state index >= 15 is 0 Å². The lowest BCUT2D eigenvalue weighted by atomic mass is 9.95. The SMILES string of the molecule is Cc1ccc([C@H](N)CC#N)c2ccccc12. The van der Waals surface area contributed by atoms with Crippen LogP contribution >= 0.6 is 0 Å². The number of hydrogen-bond acceptors (Lipinski definition) is 2. The highest BCUT2D eigenvalue weighted by molar-refractivity contribution is 5.88. The summed E-state index contributed by atoms with van der Waals surface area (Å²) in [6, 6.07) is 14.2. The second-order valence-corrected chi connectivity index (χ2v) is 3.99. The average molecular weight is 210 g/mol. The molecule has 0 saturated heterocycles. The number of nitrogens with zero attached hydrogens (tertiary/aromatic N) is 1. The van der Waals surface area contributed by atoms with Gasteiger partial charge in [-0.05, 0) is 28.8 Å². The Labute approximate surface area is 95.3 Å². The van der Waals surface area contributed by atoms with Crippen LogP contribution in [0.5, 0.6) is 0 Å². The molecular weight excluding hydrogens is 196 g/mol. The van der Waals surface area contributed by atoms with Crippen molar-refractivity contribution < 1.29 is 0 Å². The number of nitriles is 1. The molecule has 2 rings (SSSR count). The van der Waals surface area contributed by atoms with Gasteiger partial charge in [0.25, 0.3) is 0 Å². The Morgan fingerprint density at radius 1 is 1.19 bits per heavy atom. The average Bonchev–Trinajstić information content (AvgIpc) is 2.30. The highest BCUT2D eigenvalue weighted by Crippen LogP contribution is 2.26. The quantitative estimate of drug-likeness (QED) is 0.828. The molecule has 0 heterocycles. The minimum Gasteiger partial charge on any atom is -0.323 e. The molecule has 2 N–H and O–H groups in total. The first kappa shape index (κ1) is 10.7. The van der Waals surface area contributed by atoms with Crippen molar-refractivity contribution in [1.82, 2.24) is 0 Å². The minimum absolute atomic E-state index is 0.199. The summed E-state index contributed by atoms with van der Waals surface area (Å²) < 4.78 is 0. The molecule has 0 bridgehead atoms. The zero-order valence-corrected chi connectivity index (χ0v) is 9.27. The molecule has 0 radical (unpaired) electrons. The highest BCUT2D eigenvalue weighted by Gasteiger charge is 2.09. The fourth-order valence-electron chi connectivity index (χ4n) is 2.00. The van der Waals surface area contributed by atoms with E-state index in [1.807, 2.05) is 18.2 Å². The van der Waals surface area contributed by atoms with Crippen LogP contribution in [0.25, 0.3) is 10.8 Å². The monoisotopic (exact) mass is 210 g/mol. The molecule has 80 valence electrons. The largest absolute Gasteiger partial charge is 0.323 e. The Hall–Kier alpha value is -1.85. The fraction of sp³-hybridized carbons (Fsp3) is 0.214. The number of benzene rings is 2. The van der Waals surface area contributed by atoms with Gasteiger partial charge in [-0.3, -0.25) is 0 Å². The van der Waals surface area contributed by atoms with E-state index in [0.29, 0.717) is 6.42 Å². The Kier molecular flexibility index (Phi) is 2.89.